The van der Waals surface area contributed by atoms with Gasteiger partial charge in [0.1, 0.15) is 0 Å². The Balaban J connectivity index is 1.78. The van der Waals surface area contributed by atoms with Gasteiger partial charge in [0.05, 0.1) is 4.90 Å². The highest BCUT2D eigenvalue weighted by Crippen LogP contribution is 2.20. The first kappa shape index (κ1) is 17.9. The first-order valence-corrected chi connectivity index (χ1v) is 10.1. The summed E-state index contributed by atoms with van der Waals surface area (Å²) in [6.45, 7) is 2.76. The van der Waals surface area contributed by atoms with Crippen molar-refractivity contribution in [1.29, 1.82) is 0 Å². The van der Waals surface area contributed by atoms with Crippen LogP contribution in [0.5, 0.6) is 0 Å². The lowest BCUT2D eigenvalue weighted by atomic mass is 10.1. The smallest absolute Gasteiger partial charge is 0.253 e. The molecule has 0 radical (unpaired) electrons. The average molecular weight is 365 g/mol. The Morgan fingerprint density at radius 3 is 2.28 bits per heavy atom. The fourth-order valence-corrected chi connectivity index (χ4v) is 4.74. The second-order valence-electron chi connectivity index (χ2n) is 6.43. The lowest BCUT2D eigenvalue weighted by molar-refractivity contribution is -0.119. The van der Waals surface area contributed by atoms with Gasteiger partial charge in [-0.25, -0.2) is 8.42 Å². The highest BCUT2D eigenvalue weighted by atomic mass is 32.2. The van der Waals surface area contributed by atoms with E-state index in [0.717, 1.165) is 38.8 Å². The molecule has 2 fully saturated rings. The fraction of sp³-hybridized carbons (Fsp3) is 0.529. The van der Waals surface area contributed by atoms with E-state index >= 15 is 0 Å². The van der Waals surface area contributed by atoms with E-state index < -0.39 is 10.0 Å². The van der Waals surface area contributed by atoms with E-state index in [1.807, 2.05) is 0 Å². The van der Waals surface area contributed by atoms with Crippen LogP contribution in [0.15, 0.2) is 29.2 Å². The average Bonchev–Trinajstić information content (AvgIpc) is 2.68. The molecule has 2 aliphatic rings. The van der Waals surface area contributed by atoms with Crippen LogP contribution in [0, 0.1) is 0 Å². The number of carbonyl (C=O) groups is 2. The Morgan fingerprint density at radius 2 is 1.64 bits per heavy atom. The molecule has 2 heterocycles. The molecule has 0 saturated carbocycles. The van der Waals surface area contributed by atoms with Crippen LogP contribution in [0.4, 0.5) is 0 Å². The van der Waals surface area contributed by atoms with Crippen LogP contribution in [0.1, 0.15) is 29.6 Å². The molecule has 2 aliphatic heterocycles. The summed E-state index contributed by atoms with van der Waals surface area (Å²) in [5.74, 6) is -0.109. The van der Waals surface area contributed by atoms with Crippen molar-refractivity contribution in [2.24, 2.45) is 0 Å². The van der Waals surface area contributed by atoms with Crippen molar-refractivity contribution < 1.29 is 18.0 Å². The minimum absolute atomic E-state index is 0.109. The molecule has 3 rings (SSSR count). The van der Waals surface area contributed by atoms with Gasteiger partial charge >= 0.3 is 0 Å². The van der Waals surface area contributed by atoms with Gasteiger partial charge in [-0.3, -0.25) is 9.59 Å². The maximum Gasteiger partial charge on any atom is 0.253 e. The van der Waals surface area contributed by atoms with E-state index in [1.54, 1.807) is 21.9 Å². The van der Waals surface area contributed by atoms with Crippen LogP contribution in [0.25, 0.3) is 0 Å². The molecule has 0 N–H and O–H groups in total. The second kappa shape index (κ2) is 7.53. The number of piperazine rings is 1. The van der Waals surface area contributed by atoms with Crippen molar-refractivity contribution in [2.75, 3.05) is 39.3 Å². The number of amides is 2. The number of carbonyl (C=O) groups excluding carboxylic acids is 2. The molecule has 0 aliphatic carbocycles. The van der Waals surface area contributed by atoms with Gasteiger partial charge in [0.2, 0.25) is 16.4 Å². The van der Waals surface area contributed by atoms with Crippen molar-refractivity contribution in [1.82, 2.24) is 14.1 Å². The number of sulfonamides is 1. The SMILES string of the molecule is O=CN1CCN(S(=O)(=O)c2cccc(C(=O)N3CCCCC3)c2)CC1. The van der Waals surface area contributed by atoms with Gasteiger partial charge in [-0.15, -0.1) is 0 Å². The van der Waals surface area contributed by atoms with Crippen molar-refractivity contribution in [2.45, 2.75) is 24.2 Å². The largest absolute Gasteiger partial charge is 0.343 e. The Labute approximate surface area is 148 Å². The van der Waals surface area contributed by atoms with Crippen molar-refractivity contribution in [3.8, 4) is 0 Å². The number of nitrogens with zero attached hydrogens (tertiary/aromatic N) is 3. The summed E-state index contributed by atoms with van der Waals surface area (Å²) in [6.07, 6.45) is 3.85. The molecule has 2 amide bonds. The number of benzene rings is 1. The molecule has 136 valence electrons. The molecule has 0 bridgehead atoms. The zero-order valence-corrected chi connectivity index (χ0v) is 15.0. The Morgan fingerprint density at radius 1 is 0.960 bits per heavy atom. The van der Waals surface area contributed by atoms with Gasteiger partial charge in [0.15, 0.2) is 0 Å². The van der Waals surface area contributed by atoms with Crippen LogP contribution in [0.2, 0.25) is 0 Å². The molecule has 25 heavy (non-hydrogen) atoms. The first-order valence-electron chi connectivity index (χ1n) is 8.61. The predicted octanol–water partition coefficient (Wildman–Crippen LogP) is 0.775. The van der Waals surface area contributed by atoms with Gasteiger partial charge in [-0.2, -0.15) is 4.31 Å². The van der Waals surface area contributed by atoms with E-state index in [9.17, 15) is 18.0 Å². The summed E-state index contributed by atoms with van der Waals surface area (Å²) in [5.41, 5.74) is 0.412. The molecule has 2 saturated heterocycles. The molecule has 8 heteroatoms. The van der Waals surface area contributed by atoms with Crippen molar-refractivity contribution in [3.63, 3.8) is 0 Å². The third kappa shape index (κ3) is 3.85. The molecule has 1 aromatic carbocycles. The Bertz CT molecular complexity index is 736. The van der Waals surface area contributed by atoms with Crippen LogP contribution >= 0.6 is 0 Å². The number of hydrogen-bond acceptors (Lipinski definition) is 4. The van der Waals surface area contributed by atoms with Gasteiger partial charge < -0.3 is 9.80 Å². The predicted molar refractivity (Wildman–Crippen MR) is 92.6 cm³/mol. The van der Waals surface area contributed by atoms with Crippen LogP contribution in [-0.4, -0.2) is 74.1 Å². The summed E-state index contributed by atoms with van der Waals surface area (Å²) >= 11 is 0. The second-order valence-corrected chi connectivity index (χ2v) is 8.36. The minimum Gasteiger partial charge on any atom is -0.343 e. The third-order valence-corrected chi connectivity index (χ3v) is 6.68. The minimum atomic E-state index is -3.66. The van der Waals surface area contributed by atoms with E-state index in [-0.39, 0.29) is 23.9 Å². The van der Waals surface area contributed by atoms with E-state index in [1.165, 1.54) is 16.4 Å². The number of rotatable bonds is 4. The van der Waals surface area contributed by atoms with Crippen molar-refractivity contribution >= 4 is 22.3 Å². The number of likely N-dealkylation sites (tertiary alicyclic amines) is 1. The summed E-state index contributed by atoms with van der Waals surface area (Å²) in [5, 5.41) is 0. The van der Waals surface area contributed by atoms with Gasteiger partial charge in [-0.05, 0) is 37.5 Å². The van der Waals surface area contributed by atoms with Crippen molar-refractivity contribution in [3.05, 3.63) is 29.8 Å². The lowest BCUT2D eigenvalue weighted by Gasteiger charge is -2.31. The van der Waals surface area contributed by atoms with Gasteiger partial charge in [0.25, 0.3) is 5.91 Å². The van der Waals surface area contributed by atoms with Gasteiger partial charge in [0, 0.05) is 44.8 Å². The van der Waals surface area contributed by atoms with E-state index in [0.29, 0.717) is 18.7 Å². The maximum atomic E-state index is 12.8. The topological polar surface area (TPSA) is 78.0 Å². The van der Waals surface area contributed by atoms with Crippen LogP contribution in [0.3, 0.4) is 0 Å². The monoisotopic (exact) mass is 365 g/mol. The molecular formula is C17H23N3O4S. The molecule has 0 aromatic heterocycles. The zero-order valence-electron chi connectivity index (χ0n) is 14.1. The number of piperidine rings is 1. The maximum absolute atomic E-state index is 12.8. The molecule has 0 atom stereocenters. The summed E-state index contributed by atoms with van der Waals surface area (Å²) < 4.78 is 27.0. The van der Waals surface area contributed by atoms with E-state index in [4.69, 9.17) is 0 Å². The molecule has 0 unspecified atom stereocenters. The van der Waals surface area contributed by atoms with Crippen LogP contribution < -0.4 is 0 Å². The Hall–Kier alpha value is -1.93. The van der Waals surface area contributed by atoms with Gasteiger partial charge in [-0.1, -0.05) is 6.07 Å². The summed E-state index contributed by atoms with van der Waals surface area (Å²) in [7, 11) is -3.66. The summed E-state index contributed by atoms with van der Waals surface area (Å²) in [6, 6.07) is 6.28. The highest BCUT2D eigenvalue weighted by molar-refractivity contribution is 7.89. The lowest BCUT2D eigenvalue weighted by Crippen LogP contribution is -2.48. The fourth-order valence-electron chi connectivity index (χ4n) is 3.27. The summed E-state index contributed by atoms with van der Waals surface area (Å²) in [4.78, 5) is 26.9. The highest BCUT2D eigenvalue weighted by Gasteiger charge is 2.29. The molecular weight excluding hydrogens is 342 g/mol. The molecule has 1 aromatic rings. The quantitative estimate of drug-likeness (QED) is 0.739. The van der Waals surface area contributed by atoms with E-state index in [2.05, 4.69) is 0 Å². The molecule has 0 spiro atoms. The standard InChI is InChI=1S/C17H23N3O4S/c21-14-18-9-11-20(12-10-18)25(23,24)16-6-4-5-15(13-16)17(22)19-7-2-1-3-8-19/h4-6,13-14H,1-3,7-12H2. The number of hydrogen-bond donors (Lipinski definition) is 0. The zero-order chi connectivity index (χ0) is 17.9. The first-order chi connectivity index (χ1) is 12.0. The normalized spacial score (nSPS) is 19.7. The third-order valence-electron chi connectivity index (χ3n) is 4.78. The van der Waals surface area contributed by atoms with Crippen LogP contribution in [-0.2, 0) is 14.8 Å². The molecule has 7 nitrogen and oxygen atoms in total. The Kier molecular flexibility index (Phi) is 5.39.